The van der Waals surface area contributed by atoms with Crippen LogP contribution in [-0.2, 0) is 10.8 Å². The first kappa shape index (κ1) is 32.6. The van der Waals surface area contributed by atoms with E-state index in [0.29, 0.717) is 17.9 Å². The zero-order valence-corrected chi connectivity index (χ0v) is 26.9. The highest BCUT2D eigenvalue weighted by Gasteiger charge is 2.34. The summed E-state index contributed by atoms with van der Waals surface area (Å²) >= 11 is 0. The molecule has 1 unspecified atom stereocenters. The van der Waals surface area contributed by atoms with Crippen LogP contribution in [0.2, 0.25) is 0 Å². The van der Waals surface area contributed by atoms with Gasteiger partial charge in [-0.2, -0.15) is 0 Å². The highest BCUT2D eigenvalue weighted by atomic mass is 79.9. The molecule has 1 aliphatic rings. The zero-order chi connectivity index (χ0) is 28.4. The second kappa shape index (κ2) is 12.7. The summed E-state index contributed by atoms with van der Waals surface area (Å²) in [6.45, 7) is 19.2. The molecule has 0 radical (unpaired) electrons. The van der Waals surface area contributed by atoms with Crippen molar-refractivity contribution >= 4 is 34.7 Å². The van der Waals surface area contributed by atoms with Gasteiger partial charge in [0.1, 0.15) is 17.3 Å². The topological polar surface area (TPSA) is 73.6 Å². The molecule has 214 valence electrons. The average Bonchev–Trinajstić information content (AvgIpc) is 3.07. The number of hydrogen-bond acceptors (Lipinski definition) is 4. The van der Waals surface area contributed by atoms with Crippen LogP contribution < -0.4 is 4.74 Å². The van der Waals surface area contributed by atoms with Gasteiger partial charge < -0.3 is 14.7 Å². The number of amidine groups is 1. The lowest BCUT2D eigenvalue weighted by molar-refractivity contribution is 0.0963. The number of phenols is 1. The summed E-state index contributed by atoms with van der Waals surface area (Å²) in [5.74, 6) is 1.63. The molecule has 2 aromatic carbocycles. The molecule has 0 aromatic heterocycles. The van der Waals surface area contributed by atoms with E-state index in [4.69, 9.17) is 10.1 Å². The quantitative estimate of drug-likeness (QED) is 0.299. The number of carbonyl (C=O) groups is 1. The van der Waals surface area contributed by atoms with E-state index in [1.54, 1.807) is 0 Å². The third kappa shape index (κ3) is 7.75. The van der Waals surface area contributed by atoms with E-state index in [9.17, 15) is 9.90 Å². The van der Waals surface area contributed by atoms with Gasteiger partial charge in [0.2, 0.25) is 0 Å². The highest BCUT2D eigenvalue weighted by molar-refractivity contribution is 8.93. The Hall–Kier alpha value is -2.60. The van der Waals surface area contributed by atoms with Crippen molar-refractivity contribution in [3.63, 3.8) is 0 Å². The minimum atomic E-state index is -0.311. The standard InChI is InChI=1S/C33H46N2O3.BrH/c1-10-13-23-19-35(31(34)25(23)16-22-14-11-12-15-29(22)38-21(2)3)20-28(36)24-17-26(32(4,5)6)30(37)27(18-24)33(7,8)9;/h11-12,14-18,21,23,34,37H,10,13,19-20H2,1-9H3;1H/b25-16+,34-31?;. The van der Waals surface area contributed by atoms with Gasteiger partial charge in [-0.1, -0.05) is 73.1 Å². The van der Waals surface area contributed by atoms with Crippen LogP contribution in [0.25, 0.3) is 6.08 Å². The molecule has 0 aliphatic carbocycles. The molecule has 1 aliphatic heterocycles. The summed E-state index contributed by atoms with van der Waals surface area (Å²) < 4.78 is 6.02. The number of carbonyl (C=O) groups excluding carboxylic acids is 1. The van der Waals surface area contributed by atoms with Crippen molar-refractivity contribution < 1.29 is 14.6 Å². The Morgan fingerprint density at radius 1 is 1.10 bits per heavy atom. The van der Waals surface area contributed by atoms with Crippen molar-refractivity contribution in [2.24, 2.45) is 5.92 Å². The van der Waals surface area contributed by atoms with E-state index >= 15 is 0 Å². The monoisotopic (exact) mass is 598 g/mol. The van der Waals surface area contributed by atoms with Crippen molar-refractivity contribution in [2.45, 2.75) is 92.1 Å². The maximum atomic E-state index is 13.7. The number of ketones is 1. The van der Waals surface area contributed by atoms with Gasteiger partial charge in [0.05, 0.1) is 12.6 Å². The minimum absolute atomic E-state index is 0. The van der Waals surface area contributed by atoms with Gasteiger partial charge in [0.25, 0.3) is 0 Å². The number of hydrogen-bond donors (Lipinski definition) is 2. The summed E-state index contributed by atoms with van der Waals surface area (Å²) in [5, 5.41) is 20.1. The highest BCUT2D eigenvalue weighted by Crippen LogP contribution is 2.40. The summed E-state index contributed by atoms with van der Waals surface area (Å²) in [5.41, 5.74) is 3.43. The molecule has 1 heterocycles. The number of benzene rings is 2. The van der Waals surface area contributed by atoms with E-state index in [0.717, 1.165) is 40.9 Å². The molecule has 3 rings (SSSR count). The van der Waals surface area contributed by atoms with E-state index < -0.39 is 0 Å². The molecular weight excluding hydrogens is 552 g/mol. The predicted octanol–water partition coefficient (Wildman–Crippen LogP) is 8.33. The predicted molar refractivity (Wildman–Crippen MR) is 168 cm³/mol. The second-order valence-electron chi connectivity index (χ2n) is 12.9. The molecule has 2 aromatic rings. The van der Waals surface area contributed by atoms with Crippen LogP contribution in [0.1, 0.15) is 102 Å². The van der Waals surface area contributed by atoms with Gasteiger partial charge in [-0.25, -0.2) is 0 Å². The van der Waals surface area contributed by atoms with E-state index in [1.165, 1.54) is 0 Å². The lowest BCUT2D eigenvalue weighted by Crippen LogP contribution is -2.31. The number of aromatic hydroxyl groups is 1. The number of rotatable bonds is 8. The van der Waals surface area contributed by atoms with Gasteiger partial charge in [-0.3, -0.25) is 10.2 Å². The van der Waals surface area contributed by atoms with Gasteiger partial charge in [-0.15, -0.1) is 17.0 Å². The molecule has 6 heteroatoms. The lowest BCUT2D eigenvalue weighted by atomic mass is 9.78. The Morgan fingerprint density at radius 3 is 2.18 bits per heavy atom. The number of ether oxygens (including phenoxy) is 1. The molecule has 0 bridgehead atoms. The first-order valence-electron chi connectivity index (χ1n) is 13.9. The minimum Gasteiger partial charge on any atom is -0.507 e. The van der Waals surface area contributed by atoms with Crippen LogP contribution in [0, 0.1) is 11.3 Å². The Bertz CT molecular complexity index is 1180. The fraction of sp³-hybridized carbons (Fsp3) is 0.515. The lowest BCUT2D eigenvalue weighted by Gasteiger charge is -2.28. The number of nitrogens with one attached hydrogen (secondary N) is 1. The average molecular weight is 600 g/mol. The third-order valence-corrected chi connectivity index (χ3v) is 7.08. The Labute approximate surface area is 245 Å². The summed E-state index contributed by atoms with van der Waals surface area (Å²) in [6.07, 6.45) is 4.08. The van der Waals surface area contributed by atoms with Crippen LogP contribution in [0.5, 0.6) is 11.5 Å². The number of halogens is 1. The molecule has 5 nitrogen and oxygen atoms in total. The number of Topliss-reactive ketones (excluding diaryl/α,β-unsaturated/α-hetero) is 1. The Kier molecular flexibility index (Phi) is 10.6. The fourth-order valence-corrected chi connectivity index (χ4v) is 5.09. The van der Waals surface area contributed by atoms with Crippen LogP contribution in [-0.4, -0.2) is 40.8 Å². The normalized spacial score (nSPS) is 17.1. The van der Waals surface area contributed by atoms with Crippen molar-refractivity contribution in [1.82, 2.24) is 4.90 Å². The zero-order valence-electron chi connectivity index (χ0n) is 25.1. The molecule has 2 N–H and O–H groups in total. The van der Waals surface area contributed by atoms with Crippen LogP contribution in [0.3, 0.4) is 0 Å². The second-order valence-corrected chi connectivity index (χ2v) is 12.9. The maximum Gasteiger partial charge on any atom is 0.182 e. The molecule has 0 amide bonds. The summed E-state index contributed by atoms with van der Waals surface area (Å²) in [4.78, 5) is 15.6. The third-order valence-electron chi connectivity index (χ3n) is 7.08. The molecule has 39 heavy (non-hydrogen) atoms. The number of phenolic OH excluding ortho intramolecular Hbond substituents is 1. The summed E-state index contributed by atoms with van der Waals surface area (Å²) in [6, 6.07) is 11.6. The summed E-state index contributed by atoms with van der Waals surface area (Å²) in [7, 11) is 0. The molecule has 0 saturated carbocycles. The van der Waals surface area contributed by atoms with Gasteiger partial charge >= 0.3 is 0 Å². The van der Waals surface area contributed by atoms with E-state index in [-0.39, 0.29) is 57.9 Å². The molecule has 1 saturated heterocycles. The van der Waals surface area contributed by atoms with Crippen LogP contribution >= 0.6 is 17.0 Å². The van der Waals surface area contributed by atoms with E-state index in [1.807, 2.05) is 96.7 Å². The van der Waals surface area contributed by atoms with Gasteiger partial charge in [0.15, 0.2) is 5.78 Å². The first-order chi connectivity index (χ1) is 17.6. The van der Waals surface area contributed by atoms with E-state index in [2.05, 4.69) is 13.0 Å². The molecular formula is C33H47BrN2O3. The van der Waals surface area contributed by atoms with Crippen molar-refractivity contribution in [3.8, 4) is 11.5 Å². The fourth-order valence-electron chi connectivity index (χ4n) is 5.09. The number of para-hydroxylation sites is 1. The smallest absolute Gasteiger partial charge is 0.182 e. The van der Waals surface area contributed by atoms with Crippen molar-refractivity contribution in [1.29, 1.82) is 5.41 Å². The SMILES string of the molecule is Br.CCCC1CN(CC(=O)c2cc(C(C)(C)C)c(O)c(C(C)(C)C)c2)C(=N)/C1=C/c1ccccc1OC(C)C. The Morgan fingerprint density at radius 2 is 1.67 bits per heavy atom. The van der Waals surface area contributed by atoms with Crippen molar-refractivity contribution in [2.75, 3.05) is 13.1 Å². The first-order valence-corrected chi connectivity index (χ1v) is 13.9. The molecule has 0 spiro atoms. The van der Waals surface area contributed by atoms with Crippen LogP contribution in [0.4, 0.5) is 0 Å². The number of nitrogens with zero attached hydrogens (tertiary/aromatic N) is 1. The molecule has 1 fully saturated rings. The number of likely N-dealkylation sites (tertiary alicyclic amines) is 1. The van der Waals surface area contributed by atoms with Crippen LogP contribution in [0.15, 0.2) is 42.0 Å². The van der Waals surface area contributed by atoms with Gasteiger partial charge in [0, 0.05) is 34.7 Å². The van der Waals surface area contributed by atoms with Gasteiger partial charge in [-0.05, 0) is 60.9 Å². The van der Waals surface area contributed by atoms with Crippen molar-refractivity contribution in [3.05, 3.63) is 64.2 Å². The maximum absolute atomic E-state index is 13.7. The molecule has 1 atom stereocenters. The largest absolute Gasteiger partial charge is 0.507 e. The Balaban J connectivity index is 0.00000533.